The van der Waals surface area contributed by atoms with E-state index in [1.807, 2.05) is 43.3 Å². The zero-order valence-corrected chi connectivity index (χ0v) is 18.2. The average Bonchev–Trinajstić information content (AvgIpc) is 3.27. The molecular formula is C26H24FN3O3. The van der Waals surface area contributed by atoms with E-state index in [1.165, 1.54) is 12.1 Å². The Morgan fingerprint density at radius 1 is 0.939 bits per heavy atom. The zero-order valence-electron chi connectivity index (χ0n) is 18.2. The fourth-order valence-electron chi connectivity index (χ4n) is 3.25. The minimum absolute atomic E-state index is 0.259. The highest BCUT2D eigenvalue weighted by molar-refractivity contribution is 6.03. The minimum atomic E-state index is -0.278. The SMILES string of the molecule is CCOc1ccc(OCc2cccc(C(=O)Nc3ccn(Cc4ccc(F)cc4)n3)c2)cc1. The number of ether oxygens (including phenoxy) is 2. The summed E-state index contributed by atoms with van der Waals surface area (Å²) >= 11 is 0. The molecule has 0 atom stereocenters. The number of halogens is 1. The molecule has 1 aromatic heterocycles. The largest absolute Gasteiger partial charge is 0.494 e. The highest BCUT2D eigenvalue weighted by Gasteiger charge is 2.10. The Morgan fingerprint density at radius 3 is 2.39 bits per heavy atom. The van der Waals surface area contributed by atoms with E-state index in [4.69, 9.17) is 9.47 Å². The summed E-state index contributed by atoms with van der Waals surface area (Å²) in [7, 11) is 0. The Hall–Kier alpha value is -4.13. The van der Waals surface area contributed by atoms with Crippen molar-refractivity contribution in [2.45, 2.75) is 20.1 Å². The Morgan fingerprint density at radius 2 is 1.67 bits per heavy atom. The number of carbonyl (C=O) groups excluding carboxylic acids is 1. The molecule has 0 bridgehead atoms. The van der Waals surface area contributed by atoms with Gasteiger partial charge in [0.1, 0.15) is 23.9 Å². The van der Waals surface area contributed by atoms with Crippen molar-refractivity contribution in [2.24, 2.45) is 0 Å². The molecule has 0 radical (unpaired) electrons. The molecule has 0 unspecified atom stereocenters. The zero-order chi connectivity index (χ0) is 23.0. The van der Waals surface area contributed by atoms with Gasteiger partial charge in [-0.3, -0.25) is 9.48 Å². The maximum absolute atomic E-state index is 13.1. The van der Waals surface area contributed by atoms with E-state index in [0.29, 0.717) is 31.1 Å². The molecule has 0 saturated heterocycles. The first-order valence-electron chi connectivity index (χ1n) is 10.6. The third-order valence-corrected chi connectivity index (χ3v) is 4.87. The third-order valence-electron chi connectivity index (χ3n) is 4.87. The van der Waals surface area contributed by atoms with E-state index in [0.717, 1.165) is 22.6 Å². The summed E-state index contributed by atoms with van der Waals surface area (Å²) in [5.74, 6) is 1.42. The molecule has 1 heterocycles. The van der Waals surface area contributed by atoms with Crippen LogP contribution in [0.15, 0.2) is 85.1 Å². The van der Waals surface area contributed by atoms with Crippen molar-refractivity contribution >= 4 is 11.7 Å². The Labute approximate surface area is 191 Å². The molecule has 1 amide bonds. The molecule has 0 fully saturated rings. The maximum Gasteiger partial charge on any atom is 0.256 e. The fourth-order valence-corrected chi connectivity index (χ4v) is 3.25. The number of benzene rings is 3. The van der Waals surface area contributed by atoms with Crippen LogP contribution in [0, 0.1) is 5.82 Å². The number of anilines is 1. The summed E-state index contributed by atoms with van der Waals surface area (Å²) in [4.78, 5) is 12.7. The molecular weight excluding hydrogens is 421 g/mol. The molecule has 0 aliphatic heterocycles. The lowest BCUT2D eigenvalue weighted by Crippen LogP contribution is -2.13. The third kappa shape index (κ3) is 6.20. The lowest BCUT2D eigenvalue weighted by atomic mass is 10.1. The Bertz CT molecular complexity index is 1200. The van der Waals surface area contributed by atoms with Gasteiger partial charge in [0.15, 0.2) is 5.82 Å². The summed E-state index contributed by atoms with van der Waals surface area (Å²) in [6.45, 7) is 3.37. The van der Waals surface area contributed by atoms with Crippen molar-refractivity contribution in [2.75, 3.05) is 11.9 Å². The van der Waals surface area contributed by atoms with Gasteiger partial charge < -0.3 is 14.8 Å². The number of carbonyl (C=O) groups is 1. The van der Waals surface area contributed by atoms with Crippen LogP contribution in [-0.2, 0) is 13.2 Å². The molecule has 4 aromatic rings. The van der Waals surface area contributed by atoms with Gasteiger partial charge in [-0.15, -0.1) is 0 Å². The summed E-state index contributed by atoms with van der Waals surface area (Å²) in [6, 6.07) is 22.6. The van der Waals surface area contributed by atoms with Gasteiger partial charge in [0.05, 0.1) is 13.2 Å². The first-order valence-corrected chi connectivity index (χ1v) is 10.6. The first-order chi connectivity index (χ1) is 16.1. The van der Waals surface area contributed by atoms with Crippen LogP contribution in [0.5, 0.6) is 11.5 Å². The number of amides is 1. The van der Waals surface area contributed by atoms with Crippen LogP contribution >= 0.6 is 0 Å². The van der Waals surface area contributed by atoms with Crippen LogP contribution in [0.4, 0.5) is 10.2 Å². The highest BCUT2D eigenvalue weighted by atomic mass is 19.1. The van der Waals surface area contributed by atoms with Gasteiger partial charge in [0.25, 0.3) is 5.91 Å². The number of nitrogens with zero attached hydrogens (tertiary/aromatic N) is 2. The van der Waals surface area contributed by atoms with Crippen LogP contribution in [-0.4, -0.2) is 22.3 Å². The molecule has 7 heteroatoms. The van der Waals surface area contributed by atoms with Crippen molar-refractivity contribution in [1.82, 2.24) is 9.78 Å². The summed E-state index contributed by atoms with van der Waals surface area (Å²) < 4.78 is 26.0. The van der Waals surface area contributed by atoms with Crippen molar-refractivity contribution in [1.29, 1.82) is 0 Å². The molecule has 168 valence electrons. The van der Waals surface area contributed by atoms with Gasteiger partial charge in [-0.05, 0) is 66.6 Å². The van der Waals surface area contributed by atoms with Crippen LogP contribution in [0.3, 0.4) is 0 Å². The van der Waals surface area contributed by atoms with Gasteiger partial charge in [-0.1, -0.05) is 24.3 Å². The van der Waals surface area contributed by atoms with Crippen LogP contribution in [0.25, 0.3) is 0 Å². The van der Waals surface area contributed by atoms with Crippen molar-refractivity contribution in [3.8, 4) is 11.5 Å². The monoisotopic (exact) mass is 445 g/mol. The highest BCUT2D eigenvalue weighted by Crippen LogP contribution is 2.19. The molecule has 4 rings (SSSR count). The molecule has 0 aliphatic carbocycles. The normalized spacial score (nSPS) is 10.6. The van der Waals surface area contributed by atoms with E-state index >= 15 is 0 Å². The predicted octanol–water partition coefficient (Wildman–Crippen LogP) is 5.30. The van der Waals surface area contributed by atoms with E-state index < -0.39 is 0 Å². The van der Waals surface area contributed by atoms with E-state index in [-0.39, 0.29) is 11.7 Å². The molecule has 3 aromatic carbocycles. The smallest absolute Gasteiger partial charge is 0.256 e. The Balaban J connectivity index is 1.33. The minimum Gasteiger partial charge on any atom is -0.494 e. The number of nitrogens with one attached hydrogen (secondary N) is 1. The number of aromatic nitrogens is 2. The van der Waals surface area contributed by atoms with Crippen LogP contribution in [0.1, 0.15) is 28.4 Å². The topological polar surface area (TPSA) is 65.4 Å². The van der Waals surface area contributed by atoms with E-state index in [2.05, 4.69) is 10.4 Å². The molecule has 1 N–H and O–H groups in total. The van der Waals surface area contributed by atoms with Gasteiger partial charge >= 0.3 is 0 Å². The fraction of sp³-hybridized carbons (Fsp3) is 0.154. The van der Waals surface area contributed by atoms with Crippen molar-refractivity contribution in [3.63, 3.8) is 0 Å². The standard InChI is InChI=1S/C26H24FN3O3/c1-2-32-23-10-12-24(13-11-23)33-18-20-4-3-5-21(16-20)26(31)28-25-14-15-30(29-25)17-19-6-8-22(27)9-7-19/h3-16H,2,17-18H2,1H3,(H,28,29,31). The second-order valence-electron chi connectivity index (χ2n) is 7.37. The van der Waals surface area contributed by atoms with Crippen molar-refractivity contribution in [3.05, 3.63) is 108 Å². The van der Waals surface area contributed by atoms with Crippen molar-refractivity contribution < 1.29 is 18.7 Å². The second kappa shape index (κ2) is 10.5. The molecule has 0 aliphatic rings. The van der Waals surface area contributed by atoms with Gasteiger partial charge in [0.2, 0.25) is 0 Å². The number of hydrogen-bond donors (Lipinski definition) is 1. The van der Waals surface area contributed by atoms with Gasteiger partial charge in [-0.2, -0.15) is 5.10 Å². The summed E-state index contributed by atoms with van der Waals surface area (Å²) in [6.07, 6.45) is 1.76. The maximum atomic E-state index is 13.1. The lowest BCUT2D eigenvalue weighted by molar-refractivity contribution is 0.102. The summed E-state index contributed by atoms with van der Waals surface area (Å²) in [5.41, 5.74) is 2.30. The number of hydrogen-bond acceptors (Lipinski definition) is 4. The Kier molecular flexibility index (Phi) is 6.99. The van der Waals surface area contributed by atoms with Crippen LogP contribution < -0.4 is 14.8 Å². The number of rotatable bonds is 9. The molecule has 0 spiro atoms. The molecule has 33 heavy (non-hydrogen) atoms. The second-order valence-corrected chi connectivity index (χ2v) is 7.37. The lowest BCUT2D eigenvalue weighted by Gasteiger charge is -2.09. The van der Waals surface area contributed by atoms with E-state index in [1.54, 1.807) is 41.2 Å². The molecule has 6 nitrogen and oxygen atoms in total. The van der Waals surface area contributed by atoms with Gasteiger partial charge in [0, 0.05) is 17.8 Å². The summed E-state index contributed by atoms with van der Waals surface area (Å²) in [5, 5.41) is 7.18. The van der Waals surface area contributed by atoms with E-state index in [9.17, 15) is 9.18 Å². The predicted molar refractivity (Wildman–Crippen MR) is 124 cm³/mol. The first kappa shape index (κ1) is 22.1. The quantitative estimate of drug-likeness (QED) is 0.380. The average molecular weight is 445 g/mol. The van der Waals surface area contributed by atoms with Gasteiger partial charge in [-0.25, -0.2) is 4.39 Å². The van der Waals surface area contributed by atoms with Crippen LogP contribution in [0.2, 0.25) is 0 Å². The molecule has 0 saturated carbocycles.